The largest absolute Gasteiger partial charge is 0.486 e. The second-order valence-corrected chi connectivity index (χ2v) is 5.54. The van der Waals surface area contributed by atoms with Crippen molar-refractivity contribution in [2.75, 3.05) is 13.2 Å². The average Bonchev–Trinajstić information content (AvgIpc) is 2.30. The molecule has 1 aliphatic carbocycles. The zero-order chi connectivity index (χ0) is 12.8. The van der Waals surface area contributed by atoms with E-state index < -0.39 is 11.4 Å². The summed E-state index contributed by atoms with van der Waals surface area (Å²) in [5, 5.41) is 9.55. The Balaban J connectivity index is 2.18. The average molecular weight is 313 g/mol. The van der Waals surface area contributed by atoms with Gasteiger partial charge >= 0.3 is 5.97 Å². The van der Waals surface area contributed by atoms with Gasteiger partial charge in [-0.2, -0.15) is 0 Å². The maximum Gasteiger partial charge on any atom is 0.314 e. The van der Waals surface area contributed by atoms with E-state index in [2.05, 4.69) is 15.9 Å². The van der Waals surface area contributed by atoms with Crippen LogP contribution < -0.4 is 9.47 Å². The molecule has 1 saturated carbocycles. The summed E-state index contributed by atoms with van der Waals surface area (Å²) in [6.45, 7) is 0.973. The molecule has 0 atom stereocenters. The molecule has 2 aliphatic rings. The highest BCUT2D eigenvalue weighted by Gasteiger charge is 2.49. The minimum atomic E-state index is -0.815. The summed E-state index contributed by atoms with van der Waals surface area (Å²) in [4.78, 5) is 11.6. The Morgan fingerprint density at radius 1 is 1.28 bits per heavy atom. The van der Waals surface area contributed by atoms with E-state index in [1.165, 1.54) is 0 Å². The second-order valence-electron chi connectivity index (χ2n) is 4.69. The first-order valence-corrected chi connectivity index (χ1v) is 6.76. The summed E-state index contributed by atoms with van der Waals surface area (Å²) in [5.74, 6) is 0.460. The van der Waals surface area contributed by atoms with E-state index >= 15 is 0 Å². The van der Waals surface area contributed by atoms with E-state index in [1.807, 2.05) is 12.1 Å². The lowest BCUT2D eigenvalue weighted by atomic mass is 9.64. The van der Waals surface area contributed by atoms with Crippen molar-refractivity contribution in [2.24, 2.45) is 0 Å². The molecule has 18 heavy (non-hydrogen) atoms. The number of benzene rings is 1. The Morgan fingerprint density at radius 2 is 2.00 bits per heavy atom. The van der Waals surface area contributed by atoms with Gasteiger partial charge in [0.15, 0.2) is 11.5 Å². The molecule has 96 valence electrons. The third-order valence-electron chi connectivity index (χ3n) is 3.75. The van der Waals surface area contributed by atoms with E-state index in [4.69, 9.17) is 9.47 Å². The lowest BCUT2D eigenvalue weighted by Crippen LogP contribution is -2.43. The van der Waals surface area contributed by atoms with Crippen LogP contribution in [0.2, 0.25) is 0 Å². The quantitative estimate of drug-likeness (QED) is 0.912. The van der Waals surface area contributed by atoms with Crippen LogP contribution in [-0.2, 0) is 10.2 Å². The van der Waals surface area contributed by atoms with Gasteiger partial charge < -0.3 is 14.6 Å². The molecule has 0 spiro atoms. The molecule has 3 rings (SSSR count). The number of rotatable bonds is 2. The fourth-order valence-electron chi connectivity index (χ4n) is 2.64. The zero-order valence-electron chi connectivity index (χ0n) is 9.74. The van der Waals surface area contributed by atoms with E-state index in [9.17, 15) is 9.90 Å². The van der Waals surface area contributed by atoms with Gasteiger partial charge in [-0.15, -0.1) is 0 Å². The van der Waals surface area contributed by atoms with Gasteiger partial charge in [0.25, 0.3) is 0 Å². The van der Waals surface area contributed by atoms with Gasteiger partial charge in [0.1, 0.15) is 13.2 Å². The maximum absolute atomic E-state index is 11.6. The normalized spacial score (nSPS) is 20.1. The van der Waals surface area contributed by atoms with Crippen molar-refractivity contribution < 1.29 is 19.4 Å². The number of hydrogen-bond donors (Lipinski definition) is 1. The number of carbonyl (C=O) groups is 1. The summed E-state index contributed by atoms with van der Waals surface area (Å²) >= 11 is 3.46. The molecule has 0 bridgehead atoms. The van der Waals surface area contributed by atoms with Crippen LogP contribution in [-0.4, -0.2) is 24.3 Å². The molecule has 4 nitrogen and oxygen atoms in total. The molecule has 1 N–H and O–H groups in total. The molecule has 1 fully saturated rings. The summed E-state index contributed by atoms with van der Waals surface area (Å²) in [7, 11) is 0. The van der Waals surface area contributed by atoms with Crippen LogP contribution >= 0.6 is 15.9 Å². The van der Waals surface area contributed by atoms with E-state index in [-0.39, 0.29) is 0 Å². The monoisotopic (exact) mass is 312 g/mol. The molecule has 0 unspecified atom stereocenters. The molecule has 1 aliphatic heterocycles. The summed E-state index contributed by atoms with van der Waals surface area (Å²) in [5.41, 5.74) is -0.0799. The lowest BCUT2D eigenvalue weighted by molar-refractivity contribution is -0.147. The standard InChI is InChI=1S/C13H13BrO4/c14-8-2-3-9-11(18-7-6-17-9)10(8)13(12(15)16)4-1-5-13/h2-3H,1,4-7H2,(H,15,16). The van der Waals surface area contributed by atoms with Crippen molar-refractivity contribution in [1.82, 2.24) is 0 Å². The van der Waals surface area contributed by atoms with E-state index in [1.54, 1.807) is 0 Å². The molecule has 0 saturated heterocycles. The molecule has 0 radical (unpaired) electrons. The molecular weight excluding hydrogens is 300 g/mol. The number of ether oxygens (including phenoxy) is 2. The Hall–Kier alpha value is -1.23. The first-order chi connectivity index (χ1) is 8.65. The number of carboxylic acid groups (broad SMARTS) is 1. The van der Waals surface area contributed by atoms with Crippen LogP contribution in [0.15, 0.2) is 16.6 Å². The van der Waals surface area contributed by atoms with Gasteiger partial charge in [0, 0.05) is 10.0 Å². The number of halogens is 1. The predicted octanol–water partition coefficient (Wildman–Crippen LogP) is 2.73. The van der Waals surface area contributed by atoms with Crippen molar-refractivity contribution in [1.29, 1.82) is 0 Å². The van der Waals surface area contributed by atoms with Crippen LogP contribution in [0.25, 0.3) is 0 Å². The molecular formula is C13H13BrO4. The number of carboxylic acids is 1. The van der Waals surface area contributed by atoms with Gasteiger partial charge in [0.2, 0.25) is 0 Å². The summed E-state index contributed by atoms with van der Waals surface area (Å²) < 4.78 is 12.0. The fraction of sp³-hybridized carbons (Fsp3) is 0.462. The minimum Gasteiger partial charge on any atom is -0.486 e. The van der Waals surface area contributed by atoms with Crippen molar-refractivity contribution >= 4 is 21.9 Å². The number of aliphatic carboxylic acids is 1. The van der Waals surface area contributed by atoms with E-state index in [0.717, 1.165) is 16.5 Å². The molecule has 0 aromatic heterocycles. The zero-order valence-corrected chi connectivity index (χ0v) is 11.3. The first kappa shape index (κ1) is 11.8. The summed E-state index contributed by atoms with van der Waals surface area (Å²) in [6.07, 6.45) is 2.24. The Morgan fingerprint density at radius 3 is 2.61 bits per heavy atom. The Labute approximate surface area is 113 Å². The highest BCUT2D eigenvalue weighted by Crippen LogP contribution is 2.53. The molecule has 1 aromatic rings. The highest BCUT2D eigenvalue weighted by molar-refractivity contribution is 9.10. The predicted molar refractivity (Wildman–Crippen MR) is 68.3 cm³/mol. The van der Waals surface area contributed by atoms with Crippen molar-refractivity contribution in [2.45, 2.75) is 24.7 Å². The van der Waals surface area contributed by atoms with Gasteiger partial charge in [0.05, 0.1) is 5.41 Å². The fourth-order valence-corrected chi connectivity index (χ4v) is 3.33. The van der Waals surface area contributed by atoms with Crippen LogP contribution in [0.4, 0.5) is 0 Å². The first-order valence-electron chi connectivity index (χ1n) is 5.97. The van der Waals surface area contributed by atoms with Crippen molar-refractivity contribution in [3.05, 3.63) is 22.2 Å². The van der Waals surface area contributed by atoms with E-state index in [0.29, 0.717) is 37.6 Å². The number of hydrogen-bond acceptors (Lipinski definition) is 3. The third kappa shape index (κ3) is 1.53. The third-order valence-corrected chi connectivity index (χ3v) is 4.41. The Kier molecular flexibility index (Phi) is 2.73. The molecule has 0 amide bonds. The maximum atomic E-state index is 11.6. The Bertz CT molecular complexity index is 508. The minimum absolute atomic E-state index is 0.464. The highest BCUT2D eigenvalue weighted by atomic mass is 79.9. The molecule has 5 heteroatoms. The number of fused-ring (bicyclic) bond motifs is 1. The van der Waals surface area contributed by atoms with Crippen molar-refractivity contribution in [3.8, 4) is 11.5 Å². The smallest absolute Gasteiger partial charge is 0.314 e. The van der Waals surface area contributed by atoms with Crippen molar-refractivity contribution in [3.63, 3.8) is 0 Å². The topological polar surface area (TPSA) is 55.8 Å². The van der Waals surface area contributed by atoms with Crippen LogP contribution in [0, 0.1) is 0 Å². The van der Waals surface area contributed by atoms with Crippen LogP contribution in [0.3, 0.4) is 0 Å². The molecule has 1 aromatic carbocycles. The molecule has 1 heterocycles. The van der Waals surface area contributed by atoms with Gasteiger partial charge in [-0.05, 0) is 25.0 Å². The van der Waals surface area contributed by atoms with Crippen LogP contribution in [0.5, 0.6) is 11.5 Å². The van der Waals surface area contributed by atoms with Crippen LogP contribution in [0.1, 0.15) is 24.8 Å². The SMILES string of the molecule is O=C(O)C1(c2c(Br)ccc3c2OCCO3)CCC1. The summed E-state index contributed by atoms with van der Waals surface area (Å²) in [6, 6.07) is 3.65. The van der Waals surface area contributed by atoms with Gasteiger partial charge in [-0.25, -0.2) is 0 Å². The van der Waals surface area contributed by atoms with Gasteiger partial charge in [-0.3, -0.25) is 4.79 Å². The lowest BCUT2D eigenvalue weighted by Gasteiger charge is -2.40. The second kappa shape index (κ2) is 4.16. The van der Waals surface area contributed by atoms with Gasteiger partial charge in [-0.1, -0.05) is 22.4 Å².